The molecule has 166 valence electrons. The van der Waals surface area contributed by atoms with Gasteiger partial charge in [0.15, 0.2) is 0 Å². The number of hydrogen-bond donors (Lipinski definition) is 0. The molecule has 0 N–H and O–H groups in total. The van der Waals surface area contributed by atoms with Crippen molar-refractivity contribution >= 4 is 5.97 Å². The first kappa shape index (κ1) is 22.0. The summed E-state index contributed by atoms with van der Waals surface area (Å²) in [6.07, 6.45) is 3.72. The monoisotopic (exact) mass is 430 g/mol. The number of carbonyl (C=O) groups excluding carboxylic acids is 1. The highest BCUT2D eigenvalue weighted by molar-refractivity contribution is 5.79. The maximum Gasteiger partial charge on any atom is 0.310 e. The Morgan fingerprint density at radius 3 is 2.28 bits per heavy atom. The fourth-order valence-corrected chi connectivity index (χ4v) is 4.15. The van der Waals surface area contributed by atoms with Gasteiger partial charge in [-0.25, -0.2) is 9.97 Å². The Bertz CT molecular complexity index is 1090. The zero-order valence-electron chi connectivity index (χ0n) is 19.3. The Morgan fingerprint density at radius 1 is 0.969 bits per heavy atom. The molecule has 2 atom stereocenters. The van der Waals surface area contributed by atoms with E-state index in [-0.39, 0.29) is 35.2 Å². The summed E-state index contributed by atoms with van der Waals surface area (Å²) < 4.78 is 11.6. The van der Waals surface area contributed by atoms with Crippen molar-refractivity contribution in [3.05, 3.63) is 83.9 Å². The van der Waals surface area contributed by atoms with Gasteiger partial charge in [0.1, 0.15) is 23.9 Å². The van der Waals surface area contributed by atoms with Crippen LogP contribution in [0, 0.1) is 11.3 Å². The predicted octanol–water partition coefficient (Wildman–Crippen LogP) is 6.05. The number of benzene rings is 2. The molecule has 0 spiro atoms. The molecule has 5 nitrogen and oxygen atoms in total. The van der Waals surface area contributed by atoms with E-state index in [0.717, 1.165) is 22.7 Å². The third-order valence-corrected chi connectivity index (χ3v) is 6.04. The molecular weight excluding hydrogens is 400 g/mol. The molecule has 3 aromatic rings. The van der Waals surface area contributed by atoms with Gasteiger partial charge in [0.25, 0.3) is 0 Å². The first-order chi connectivity index (χ1) is 15.2. The van der Waals surface area contributed by atoms with Gasteiger partial charge in [-0.15, -0.1) is 0 Å². The van der Waals surface area contributed by atoms with Crippen molar-refractivity contribution in [2.24, 2.45) is 11.3 Å². The van der Waals surface area contributed by atoms with Crippen LogP contribution in [0.3, 0.4) is 0 Å². The molecule has 2 unspecified atom stereocenters. The van der Waals surface area contributed by atoms with Crippen LogP contribution in [0.1, 0.15) is 57.5 Å². The second-order valence-electron chi connectivity index (χ2n) is 10.0. The first-order valence-electron chi connectivity index (χ1n) is 11.0. The van der Waals surface area contributed by atoms with Gasteiger partial charge in [-0.2, -0.15) is 0 Å². The largest absolute Gasteiger partial charge is 0.461 e. The number of nitrogens with zero attached hydrogens (tertiary/aromatic N) is 2. The number of rotatable bonds is 6. The van der Waals surface area contributed by atoms with E-state index in [0.29, 0.717) is 5.75 Å². The lowest BCUT2D eigenvalue weighted by atomic mass is 9.95. The summed E-state index contributed by atoms with van der Waals surface area (Å²) in [4.78, 5) is 21.9. The molecular formula is C27H30N2O3. The average Bonchev–Trinajstić information content (AvgIpc) is 3.34. The third-order valence-electron chi connectivity index (χ3n) is 6.04. The van der Waals surface area contributed by atoms with E-state index in [1.807, 2.05) is 67.0 Å². The second kappa shape index (κ2) is 8.38. The highest BCUT2D eigenvalue weighted by Gasteiger charge is 2.63. The van der Waals surface area contributed by atoms with Gasteiger partial charge in [0.05, 0.1) is 5.92 Å². The highest BCUT2D eigenvalue weighted by Crippen LogP contribution is 2.64. The lowest BCUT2D eigenvalue weighted by Crippen LogP contribution is -2.16. The molecule has 1 aromatic heterocycles. The Morgan fingerprint density at radius 2 is 1.62 bits per heavy atom. The van der Waals surface area contributed by atoms with Crippen molar-refractivity contribution in [3.63, 3.8) is 0 Å². The second-order valence-corrected chi connectivity index (χ2v) is 10.0. The van der Waals surface area contributed by atoms with Crippen LogP contribution in [-0.4, -0.2) is 15.9 Å². The van der Waals surface area contributed by atoms with Crippen LogP contribution < -0.4 is 4.74 Å². The zero-order chi connectivity index (χ0) is 22.9. The van der Waals surface area contributed by atoms with Crippen LogP contribution in [0.2, 0.25) is 0 Å². The van der Waals surface area contributed by atoms with Crippen molar-refractivity contribution in [2.45, 2.75) is 52.6 Å². The van der Waals surface area contributed by atoms with E-state index in [1.165, 1.54) is 0 Å². The number of ether oxygens (including phenoxy) is 2. The predicted molar refractivity (Wildman–Crippen MR) is 123 cm³/mol. The maximum atomic E-state index is 12.9. The van der Waals surface area contributed by atoms with Crippen LogP contribution in [0.15, 0.2) is 67.0 Å². The summed E-state index contributed by atoms with van der Waals surface area (Å²) in [5, 5.41) is 0. The van der Waals surface area contributed by atoms with Gasteiger partial charge in [0.2, 0.25) is 0 Å². The molecule has 5 heteroatoms. The van der Waals surface area contributed by atoms with Gasteiger partial charge in [0, 0.05) is 23.7 Å². The van der Waals surface area contributed by atoms with E-state index in [1.54, 1.807) is 0 Å². The fourth-order valence-electron chi connectivity index (χ4n) is 4.15. The van der Waals surface area contributed by atoms with Crippen molar-refractivity contribution in [2.75, 3.05) is 0 Å². The van der Waals surface area contributed by atoms with E-state index >= 15 is 0 Å². The number of aromatic nitrogens is 2. The van der Waals surface area contributed by atoms with Crippen LogP contribution in [-0.2, 0) is 21.6 Å². The number of hydrogen-bond acceptors (Lipinski definition) is 5. The lowest BCUT2D eigenvalue weighted by molar-refractivity contribution is -0.147. The molecule has 0 aliphatic heterocycles. The van der Waals surface area contributed by atoms with E-state index in [4.69, 9.17) is 9.47 Å². The van der Waals surface area contributed by atoms with E-state index in [9.17, 15) is 4.79 Å². The summed E-state index contributed by atoms with van der Waals surface area (Å²) in [5.41, 5.74) is 1.60. The zero-order valence-corrected chi connectivity index (χ0v) is 19.3. The molecule has 0 radical (unpaired) electrons. The molecule has 2 aromatic carbocycles. The Balaban J connectivity index is 1.38. The lowest BCUT2D eigenvalue weighted by Gasteiger charge is -2.16. The van der Waals surface area contributed by atoms with Gasteiger partial charge in [-0.05, 0) is 40.8 Å². The third kappa shape index (κ3) is 4.67. The Hall–Kier alpha value is -3.21. The van der Waals surface area contributed by atoms with Crippen molar-refractivity contribution in [3.8, 4) is 11.5 Å². The summed E-state index contributed by atoms with van der Waals surface area (Å²) in [6, 6.07) is 17.2. The first-order valence-corrected chi connectivity index (χ1v) is 11.0. The Labute approximate surface area is 189 Å². The van der Waals surface area contributed by atoms with Crippen LogP contribution in [0.4, 0.5) is 0 Å². The molecule has 32 heavy (non-hydrogen) atoms. The Kier molecular flexibility index (Phi) is 5.76. The molecule has 1 saturated carbocycles. The molecule has 1 aliphatic rings. The standard InChI is InChI=1S/C27H30N2O3/c1-26(2,3)25-28-15-19(16-29-25)22-23(27(22,4)5)24(30)31-17-18-10-9-13-21(14-18)32-20-11-7-6-8-12-20/h6-16,22-23H,17H2,1-5H3. The van der Waals surface area contributed by atoms with Crippen LogP contribution in [0.5, 0.6) is 11.5 Å². The molecule has 1 aliphatic carbocycles. The van der Waals surface area contributed by atoms with Gasteiger partial charge in [-0.1, -0.05) is 65.0 Å². The minimum atomic E-state index is -0.199. The number of carbonyl (C=O) groups is 1. The smallest absolute Gasteiger partial charge is 0.310 e. The molecule has 4 rings (SSSR count). The van der Waals surface area contributed by atoms with E-state index in [2.05, 4.69) is 44.6 Å². The highest BCUT2D eigenvalue weighted by atomic mass is 16.5. The molecule has 0 bridgehead atoms. The van der Waals surface area contributed by atoms with Gasteiger partial charge >= 0.3 is 5.97 Å². The van der Waals surface area contributed by atoms with Crippen molar-refractivity contribution in [1.29, 1.82) is 0 Å². The average molecular weight is 431 g/mol. The summed E-state index contributed by atoms with van der Waals surface area (Å²) in [7, 11) is 0. The topological polar surface area (TPSA) is 61.3 Å². The van der Waals surface area contributed by atoms with Gasteiger partial charge < -0.3 is 9.47 Å². The van der Waals surface area contributed by atoms with Crippen molar-refractivity contribution < 1.29 is 14.3 Å². The summed E-state index contributed by atoms with van der Waals surface area (Å²) >= 11 is 0. The fraction of sp³-hybridized carbons (Fsp3) is 0.370. The SMILES string of the molecule is CC(C)(C)c1ncc(C2C(C(=O)OCc3cccc(Oc4ccccc4)c3)C2(C)C)cn1. The molecule has 0 amide bonds. The van der Waals surface area contributed by atoms with E-state index < -0.39 is 0 Å². The molecule has 1 heterocycles. The quantitative estimate of drug-likeness (QED) is 0.446. The minimum absolute atomic E-state index is 0.0665. The minimum Gasteiger partial charge on any atom is -0.461 e. The molecule has 1 fully saturated rings. The van der Waals surface area contributed by atoms with Gasteiger partial charge in [-0.3, -0.25) is 4.79 Å². The number of esters is 1. The summed E-state index contributed by atoms with van der Waals surface area (Å²) in [5.74, 6) is 1.96. The van der Waals surface area contributed by atoms with Crippen LogP contribution in [0.25, 0.3) is 0 Å². The normalized spacial score (nSPS) is 19.3. The van der Waals surface area contributed by atoms with Crippen LogP contribution >= 0.6 is 0 Å². The maximum absolute atomic E-state index is 12.9. The number of para-hydroxylation sites is 1. The summed E-state index contributed by atoms with van der Waals surface area (Å²) in [6.45, 7) is 10.7. The molecule has 0 saturated heterocycles. The van der Waals surface area contributed by atoms with Crippen molar-refractivity contribution in [1.82, 2.24) is 9.97 Å².